The van der Waals surface area contributed by atoms with Crippen LogP contribution in [0.25, 0.3) is 16.8 Å². The second-order valence-electron chi connectivity index (χ2n) is 7.51. The highest BCUT2D eigenvalue weighted by molar-refractivity contribution is 6.30. The van der Waals surface area contributed by atoms with Crippen molar-refractivity contribution in [1.82, 2.24) is 9.80 Å². The van der Waals surface area contributed by atoms with Gasteiger partial charge in [0, 0.05) is 49.7 Å². The normalized spacial score (nSPS) is 15.9. The van der Waals surface area contributed by atoms with Crippen LogP contribution in [-0.4, -0.2) is 49.6 Å². The summed E-state index contributed by atoms with van der Waals surface area (Å²) >= 11 is 6.05. The summed E-state index contributed by atoms with van der Waals surface area (Å²) in [5.74, 6) is 0.945. The number of nitrogens with zero attached hydrogens (tertiary/aromatic N) is 2. The molecule has 1 heterocycles. The number of benzene rings is 3. The predicted molar refractivity (Wildman–Crippen MR) is 123 cm³/mol. The first kappa shape index (κ1) is 20.0. The van der Waals surface area contributed by atoms with Crippen molar-refractivity contribution in [2.24, 2.45) is 0 Å². The molecule has 1 saturated heterocycles. The Morgan fingerprint density at radius 3 is 2.41 bits per heavy atom. The summed E-state index contributed by atoms with van der Waals surface area (Å²) < 4.78 is 5.53. The lowest BCUT2D eigenvalue weighted by Gasteiger charge is -2.34. The summed E-state index contributed by atoms with van der Waals surface area (Å²) in [7, 11) is 1.74. The van der Waals surface area contributed by atoms with E-state index in [0.29, 0.717) is 0 Å². The van der Waals surface area contributed by atoms with E-state index in [4.69, 9.17) is 16.3 Å². The van der Waals surface area contributed by atoms with Crippen molar-refractivity contribution >= 4 is 28.4 Å². The molecule has 0 amide bonds. The van der Waals surface area contributed by atoms with Gasteiger partial charge in [-0.2, -0.15) is 0 Å². The third-order valence-electron chi connectivity index (χ3n) is 5.58. The highest BCUT2D eigenvalue weighted by Crippen LogP contribution is 2.29. The average Bonchev–Trinajstić information content (AvgIpc) is 2.75. The van der Waals surface area contributed by atoms with Gasteiger partial charge in [0.05, 0.1) is 7.11 Å². The first-order valence-electron chi connectivity index (χ1n) is 10.1. The fourth-order valence-corrected chi connectivity index (χ4v) is 4.17. The quantitative estimate of drug-likeness (QED) is 0.550. The van der Waals surface area contributed by atoms with Crippen LogP contribution in [0, 0.1) is 0 Å². The van der Waals surface area contributed by atoms with Crippen molar-refractivity contribution in [2.75, 3.05) is 39.8 Å². The third-order valence-corrected chi connectivity index (χ3v) is 5.81. The van der Waals surface area contributed by atoms with Crippen LogP contribution in [0.5, 0.6) is 5.75 Å². The monoisotopic (exact) mass is 406 g/mol. The molecular weight excluding hydrogens is 380 g/mol. The summed E-state index contributed by atoms with van der Waals surface area (Å²) in [5, 5.41) is 3.27. The summed E-state index contributed by atoms with van der Waals surface area (Å²) in [5.41, 5.74) is 2.53. The van der Waals surface area contributed by atoms with Gasteiger partial charge in [0.1, 0.15) is 5.75 Å². The molecule has 0 atom stereocenters. The molecule has 3 nitrogen and oxygen atoms in total. The maximum absolute atomic E-state index is 6.05. The van der Waals surface area contributed by atoms with Gasteiger partial charge in [-0.15, -0.1) is 0 Å². The molecule has 3 aromatic rings. The van der Waals surface area contributed by atoms with Gasteiger partial charge in [-0.05, 0) is 34.7 Å². The number of piperazine rings is 1. The predicted octanol–water partition coefficient (Wildman–Crippen LogP) is 5.33. The Bertz CT molecular complexity index is 993. The van der Waals surface area contributed by atoms with Gasteiger partial charge in [0.2, 0.25) is 0 Å². The number of fused-ring (bicyclic) bond motifs is 1. The Morgan fingerprint density at radius 1 is 0.897 bits per heavy atom. The fraction of sp³-hybridized carbons (Fsp3) is 0.280. The largest absolute Gasteiger partial charge is 0.496 e. The maximum Gasteiger partial charge on any atom is 0.126 e. The third kappa shape index (κ3) is 4.99. The highest BCUT2D eigenvalue weighted by atomic mass is 35.5. The van der Waals surface area contributed by atoms with Crippen LogP contribution in [0.1, 0.15) is 11.1 Å². The molecule has 29 heavy (non-hydrogen) atoms. The van der Waals surface area contributed by atoms with E-state index in [2.05, 4.69) is 64.4 Å². The van der Waals surface area contributed by atoms with Gasteiger partial charge in [-0.3, -0.25) is 9.80 Å². The Balaban J connectivity index is 1.33. The van der Waals surface area contributed by atoms with E-state index < -0.39 is 0 Å². The zero-order chi connectivity index (χ0) is 20.1. The van der Waals surface area contributed by atoms with Crippen molar-refractivity contribution in [3.63, 3.8) is 0 Å². The fourth-order valence-electron chi connectivity index (χ4n) is 3.97. The first-order chi connectivity index (χ1) is 14.2. The molecule has 150 valence electrons. The zero-order valence-corrected chi connectivity index (χ0v) is 17.6. The smallest absolute Gasteiger partial charge is 0.126 e. The van der Waals surface area contributed by atoms with Gasteiger partial charge in [-0.1, -0.05) is 66.2 Å². The highest BCUT2D eigenvalue weighted by Gasteiger charge is 2.17. The molecule has 0 unspecified atom stereocenters. The van der Waals surface area contributed by atoms with Crippen molar-refractivity contribution in [3.05, 3.63) is 82.9 Å². The minimum atomic E-state index is 0.784. The van der Waals surface area contributed by atoms with Gasteiger partial charge in [0.15, 0.2) is 0 Å². The Labute approximate surface area is 178 Å². The number of hydrogen-bond acceptors (Lipinski definition) is 3. The van der Waals surface area contributed by atoms with E-state index in [1.807, 2.05) is 18.2 Å². The lowest BCUT2D eigenvalue weighted by molar-refractivity contribution is 0.137. The van der Waals surface area contributed by atoms with E-state index in [0.717, 1.165) is 55.6 Å². The SMILES string of the molecule is COc1ccc(CN2CCN(C/C=C/c3cccc(Cl)c3)CC2)c2ccccc12. The summed E-state index contributed by atoms with van der Waals surface area (Å²) in [4.78, 5) is 5.05. The van der Waals surface area contributed by atoms with Crippen molar-refractivity contribution in [3.8, 4) is 5.75 Å². The topological polar surface area (TPSA) is 15.7 Å². The molecule has 1 aliphatic rings. The van der Waals surface area contributed by atoms with Gasteiger partial charge < -0.3 is 4.74 Å². The number of ether oxygens (including phenoxy) is 1. The Kier molecular flexibility index (Phi) is 6.50. The van der Waals surface area contributed by atoms with Gasteiger partial charge in [-0.25, -0.2) is 0 Å². The Hall–Kier alpha value is -2.33. The molecule has 0 aromatic heterocycles. The Morgan fingerprint density at radius 2 is 1.66 bits per heavy atom. The molecule has 0 N–H and O–H groups in total. The molecule has 1 aliphatic heterocycles. The lowest BCUT2D eigenvalue weighted by atomic mass is 10.0. The second-order valence-corrected chi connectivity index (χ2v) is 7.94. The minimum absolute atomic E-state index is 0.784. The summed E-state index contributed by atoms with van der Waals surface area (Å²) in [6.45, 7) is 6.32. The standard InChI is InChI=1S/C25H27ClN2O/c1-29-25-12-11-21(23-9-2-3-10-24(23)25)19-28-16-14-27(15-17-28)13-5-7-20-6-4-8-22(26)18-20/h2-12,18H,13-17,19H2,1H3/b7-5+. The van der Waals surface area contributed by atoms with Crippen LogP contribution in [-0.2, 0) is 6.54 Å². The van der Waals surface area contributed by atoms with E-state index in [1.165, 1.54) is 16.3 Å². The minimum Gasteiger partial charge on any atom is -0.496 e. The molecule has 0 aliphatic carbocycles. The number of methoxy groups -OCH3 is 1. The van der Waals surface area contributed by atoms with E-state index in [-0.39, 0.29) is 0 Å². The summed E-state index contributed by atoms with van der Waals surface area (Å²) in [6, 6.07) is 20.8. The van der Waals surface area contributed by atoms with Crippen molar-refractivity contribution in [1.29, 1.82) is 0 Å². The maximum atomic E-state index is 6.05. The van der Waals surface area contributed by atoms with E-state index in [9.17, 15) is 0 Å². The van der Waals surface area contributed by atoms with Crippen molar-refractivity contribution in [2.45, 2.75) is 6.54 Å². The van der Waals surface area contributed by atoms with Crippen LogP contribution in [0.3, 0.4) is 0 Å². The van der Waals surface area contributed by atoms with Crippen LogP contribution in [0.15, 0.2) is 66.7 Å². The number of hydrogen-bond donors (Lipinski definition) is 0. The lowest BCUT2D eigenvalue weighted by Crippen LogP contribution is -2.45. The molecule has 0 spiro atoms. The molecule has 3 aromatic carbocycles. The number of halogens is 1. The molecular formula is C25H27ClN2O. The number of rotatable bonds is 6. The van der Waals surface area contributed by atoms with E-state index in [1.54, 1.807) is 7.11 Å². The van der Waals surface area contributed by atoms with Gasteiger partial charge in [0.25, 0.3) is 0 Å². The van der Waals surface area contributed by atoms with Crippen LogP contribution in [0.4, 0.5) is 0 Å². The average molecular weight is 407 g/mol. The van der Waals surface area contributed by atoms with Crippen LogP contribution >= 0.6 is 11.6 Å². The van der Waals surface area contributed by atoms with Crippen LogP contribution in [0.2, 0.25) is 5.02 Å². The molecule has 0 saturated carbocycles. The van der Waals surface area contributed by atoms with Gasteiger partial charge >= 0.3 is 0 Å². The zero-order valence-electron chi connectivity index (χ0n) is 16.9. The molecule has 0 radical (unpaired) electrons. The summed E-state index contributed by atoms with van der Waals surface area (Å²) in [6.07, 6.45) is 4.39. The molecule has 4 rings (SSSR count). The van der Waals surface area contributed by atoms with E-state index >= 15 is 0 Å². The molecule has 4 heteroatoms. The first-order valence-corrected chi connectivity index (χ1v) is 10.5. The van der Waals surface area contributed by atoms with Crippen LogP contribution < -0.4 is 4.74 Å². The molecule has 0 bridgehead atoms. The van der Waals surface area contributed by atoms with Crippen molar-refractivity contribution < 1.29 is 4.74 Å². The second kappa shape index (κ2) is 9.45. The molecule has 1 fully saturated rings.